The summed E-state index contributed by atoms with van der Waals surface area (Å²) in [4.78, 5) is 4.14. The number of nitrogens with one attached hydrogen (secondary N) is 1. The van der Waals surface area contributed by atoms with E-state index in [4.69, 9.17) is 0 Å². The number of hydrogen-bond acceptors (Lipinski definition) is 3. The average molecular weight is 268 g/mol. The second-order valence-corrected chi connectivity index (χ2v) is 5.96. The minimum atomic E-state index is -0.318. The Kier molecular flexibility index (Phi) is 5.88. The molecular formula is C15H25FN2O. The van der Waals surface area contributed by atoms with E-state index in [0.29, 0.717) is 6.42 Å². The van der Waals surface area contributed by atoms with E-state index in [-0.39, 0.29) is 29.9 Å². The van der Waals surface area contributed by atoms with Crippen LogP contribution in [0.4, 0.5) is 4.39 Å². The largest absolute Gasteiger partial charge is 0.396 e. The van der Waals surface area contributed by atoms with Crippen LogP contribution in [0.2, 0.25) is 0 Å². The lowest BCUT2D eigenvalue weighted by atomic mass is 9.84. The monoisotopic (exact) mass is 268 g/mol. The van der Waals surface area contributed by atoms with Crippen LogP contribution in [-0.2, 0) is 0 Å². The van der Waals surface area contributed by atoms with E-state index < -0.39 is 0 Å². The van der Waals surface area contributed by atoms with E-state index in [9.17, 15) is 9.50 Å². The van der Waals surface area contributed by atoms with Crippen molar-refractivity contribution in [2.24, 2.45) is 5.41 Å². The Morgan fingerprint density at radius 2 is 2.05 bits per heavy atom. The maximum Gasteiger partial charge on any atom is 0.141 e. The van der Waals surface area contributed by atoms with Gasteiger partial charge in [-0.2, -0.15) is 0 Å². The third-order valence-electron chi connectivity index (χ3n) is 3.38. The first-order valence-electron chi connectivity index (χ1n) is 6.86. The predicted octanol–water partition coefficient (Wildman–Crippen LogP) is 3.06. The summed E-state index contributed by atoms with van der Waals surface area (Å²) in [6.07, 6.45) is 2.82. The van der Waals surface area contributed by atoms with Crippen molar-refractivity contribution in [3.8, 4) is 0 Å². The summed E-state index contributed by atoms with van der Waals surface area (Å²) >= 11 is 0. The molecule has 0 aliphatic rings. The van der Waals surface area contributed by atoms with Crippen LogP contribution >= 0.6 is 0 Å². The lowest BCUT2D eigenvalue weighted by Crippen LogP contribution is -2.43. The van der Waals surface area contributed by atoms with Gasteiger partial charge in [-0.05, 0) is 30.4 Å². The smallest absolute Gasteiger partial charge is 0.141 e. The number of hydrogen-bond donors (Lipinski definition) is 2. The van der Waals surface area contributed by atoms with Gasteiger partial charge >= 0.3 is 0 Å². The summed E-state index contributed by atoms with van der Waals surface area (Å²) in [5, 5.41) is 12.7. The zero-order valence-electron chi connectivity index (χ0n) is 12.3. The predicted molar refractivity (Wildman–Crippen MR) is 75.3 cm³/mol. The van der Waals surface area contributed by atoms with Gasteiger partial charge in [-0.15, -0.1) is 0 Å². The summed E-state index contributed by atoms with van der Waals surface area (Å²) in [7, 11) is 0. The molecule has 0 fully saturated rings. The number of nitrogens with zero attached hydrogens (tertiary/aromatic N) is 1. The van der Waals surface area contributed by atoms with Crippen molar-refractivity contribution < 1.29 is 9.50 Å². The molecule has 1 aromatic heterocycles. The Morgan fingerprint density at radius 3 is 2.47 bits per heavy atom. The van der Waals surface area contributed by atoms with Crippen LogP contribution in [0.5, 0.6) is 0 Å². The van der Waals surface area contributed by atoms with Gasteiger partial charge in [-0.25, -0.2) is 4.39 Å². The van der Waals surface area contributed by atoms with E-state index in [0.717, 1.165) is 12.1 Å². The quantitative estimate of drug-likeness (QED) is 0.833. The summed E-state index contributed by atoms with van der Waals surface area (Å²) in [5.74, 6) is -0.318. The molecule has 0 aromatic carbocycles. The van der Waals surface area contributed by atoms with Crippen LogP contribution in [0, 0.1) is 11.2 Å². The molecule has 0 saturated heterocycles. The number of aromatic nitrogens is 1. The number of aliphatic hydroxyl groups is 1. The van der Waals surface area contributed by atoms with Crippen molar-refractivity contribution in [1.82, 2.24) is 10.3 Å². The normalized spacial score (nSPS) is 15.3. The molecule has 1 heterocycles. The molecule has 0 aliphatic heterocycles. The summed E-state index contributed by atoms with van der Waals surface area (Å²) in [6.45, 7) is 8.66. The van der Waals surface area contributed by atoms with Crippen LogP contribution in [0.3, 0.4) is 0 Å². The first kappa shape index (κ1) is 16.1. The van der Waals surface area contributed by atoms with Gasteiger partial charge in [-0.1, -0.05) is 27.7 Å². The van der Waals surface area contributed by atoms with Crippen molar-refractivity contribution >= 4 is 0 Å². The molecule has 19 heavy (non-hydrogen) atoms. The first-order valence-corrected chi connectivity index (χ1v) is 6.86. The van der Waals surface area contributed by atoms with E-state index in [1.165, 1.54) is 12.3 Å². The van der Waals surface area contributed by atoms with Gasteiger partial charge in [0.05, 0.1) is 11.9 Å². The Hall–Kier alpha value is -1.00. The van der Waals surface area contributed by atoms with E-state index in [1.54, 1.807) is 6.07 Å². The minimum Gasteiger partial charge on any atom is -0.396 e. The van der Waals surface area contributed by atoms with Gasteiger partial charge in [0.2, 0.25) is 0 Å². The molecule has 0 amide bonds. The Labute approximate surface area is 115 Å². The molecule has 0 saturated carbocycles. The topological polar surface area (TPSA) is 45.1 Å². The summed E-state index contributed by atoms with van der Waals surface area (Å²) < 4.78 is 12.9. The van der Waals surface area contributed by atoms with Crippen molar-refractivity contribution in [3.63, 3.8) is 0 Å². The molecule has 2 atom stereocenters. The standard InChI is InChI=1S/C15H25FN2O/c1-5-12(13-7-6-11(16)10-17-13)18-14(8-9-19)15(2,3)4/h6-7,10,12,14,18-19H,5,8-9H2,1-4H3. The molecular weight excluding hydrogens is 243 g/mol. The van der Waals surface area contributed by atoms with Gasteiger partial charge in [0.15, 0.2) is 0 Å². The van der Waals surface area contributed by atoms with Crippen LogP contribution in [0.25, 0.3) is 0 Å². The Morgan fingerprint density at radius 1 is 1.37 bits per heavy atom. The van der Waals surface area contributed by atoms with Crippen molar-refractivity contribution in [1.29, 1.82) is 0 Å². The molecule has 4 heteroatoms. The molecule has 108 valence electrons. The molecule has 1 rings (SSSR count). The number of halogens is 1. The molecule has 2 unspecified atom stereocenters. The fourth-order valence-electron chi connectivity index (χ4n) is 2.14. The molecule has 3 nitrogen and oxygen atoms in total. The molecule has 0 spiro atoms. The van der Waals surface area contributed by atoms with E-state index in [2.05, 4.69) is 38.0 Å². The number of aliphatic hydroxyl groups excluding tert-OH is 1. The fraction of sp³-hybridized carbons (Fsp3) is 0.667. The highest BCUT2D eigenvalue weighted by Crippen LogP contribution is 2.25. The Balaban J connectivity index is 2.82. The number of pyridine rings is 1. The maximum atomic E-state index is 12.9. The Bertz CT molecular complexity index is 373. The highest BCUT2D eigenvalue weighted by Gasteiger charge is 2.26. The van der Waals surface area contributed by atoms with Crippen LogP contribution in [-0.4, -0.2) is 22.7 Å². The molecule has 2 N–H and O–H groups in total. The zero-order valence-corrected chi connectivity index (χ0v) is 12.3. The molecule has 0 aliphatic carbocycles. The summed E-state index contributed by atoms with van der Waals surface area (Å²) in [5.41, 5.74) is 0.895. The lowest BCUT2D eigenvalue weighted by Gasteiger charge is -2.34. The molecule has 0 bridgehead atoms. The lowest BCUT2D eigenvalue weighted by molar-refractivity contribution is 0.183. The SMILES string of the molecule is CCC(NC(CCO)C(C)(C)C)c1ccc(F)cn1. The van der Waals surface area contributed by atoms with Gasteiger partial charge in [0.25, 0.3) is 0 Å². The molecule has 0 radical (unpaired) electrons. The van der Waals surface area contributed by atoms with Gasteiger partial charge < -0.3 is 10.4 Å². The van der Waals surface area contributed by atoms with Gasteiger partial charge in [-0.3, -0.25) is 4.98 Å². The van der Waals surface area contributed by atoms with Crippen LogP contribution in [0.15, 0.2) is 18.3 Å². The van der Waals surface area contributed by atoms with Gasteiger partial charge in [0, 0.05) is 18.7 Å². The first-order chi connectivity index (χ1) is 8.88. The third kappa shape index (κ3) is 4.88. The van der Waals surface area contributed by atoms with Crippen molar-refractivity contribution in [2.75, 3.05) is 6.61 Å². The van der Waals surface area contributed by atoms with Crippen LogP contribution < -0.4 is 5.32 Å². The van der Waals surface area contributed by atoms with E-state index >= 15 is 0 Å². The highest BCUT2D eigenvalue weighted by atomic mass is 19.1. The van der Waals surface area contributed by atoms with Gasteiger partial charge in [0.1, 0.15) is 5.82 Å². The second kappa shape index (κ2) is 6.96. The average Bonchev–Trinajstić information content (AvgIpc) is 2.34. The zero-order chi connectivity index (χ0) is 14.5. The molecule has 1 aromatic rings. The number of rotatable bonds is 6. The van der Waals surface area contributed by atoms with Crippen LogP contribution in [0.1, 0.15) is 52.3 Å². The van der Waals surface area contributed by atoms with Crippen molar-refractivity contribution in [2.45, 2.75) is 52.6 Å². The summed E-state index contributed by atoms with van der Waals surface area (Å²) in [6, 6.07) is 3.42. The highest BCUT2D eigenvalue weighted by molar-refractivity contribution is 5.10. The maximum absolute atomic E-state index is 12.9. The third-order valence-corrected chi connectivity index (χ3v) is 3.38. The van der Waals surface area contributed by atoms with Crippen molar-refractivity contribution in [3.05, 3.63) is 29.8 Å². The minimum absolute atomic E-state index is 0.0518. The second-order valence-electron chi connectivity index (χ2n) is 5.96. The van der Waals surface area contributed by atoms with E-state index in [1.807, 2.05) is 0 Å². The fourth-order valence-corrected chi connectivity index (χ4v) is 2.14.